The molecule has 3 rings (SSSR count). The molecule has 0 heterocycles. The molecule has 1 aliphatic rings. The van der Waals surface area contributed by atoms with E-state index in [2.05, 4.69) is 5.32 Å². The average molecular weight is 306 g/mol. The third-order valence-electron chi connectivity index (χ3n) is 3.98. The van der Waals surface area contributed by atoms with Gasteiger partial charge in [0.05, 0.1) is 5.02 Å². The first-order valence-corrected chi connectivity index (χ1v) is 7.50. The van der Waals surface area contributed by atoms with Gasteiger partial charge in [-0.3, -0.25) is 0 Å². The van der Waals surface area contributed by atoms with E-state index in [0.29, 0.717) is 12.3 Å². The van der Waals surface area contributed by atoms with Gasteiger partial charge in [0.25, 0.3) is 0 Å². The standard InChI is InChI=1S/C17H17ClFNO/c18-15-8-11(4-7-16(15)19)10-20-17-3-1-2-12-9-13(21)5-6-14(12)17/h4-9,17,20-21H,1-3,10H2. The number of hydrogen-bond donors (Lipinski definition) is 2. The molecule has 1 aliphatic carbocycles. The summed E-state index contributed by atoms with van der Waals surface area (Å²) in [5.74, 6) is -0.0707. The molecule has 0 bridgehead atoms. The molecule has 2 aromatic carbocycles. The number of aromatic hydroxyl groups is 1. The molecule has 0 saturated heterocycles. The minimum absolute atomic E-state index is 0.156. The molecule has 21 heavy (non-hydrogen) atoms. The van der Waals surface area contributed by atoms with E-state index in [1.54, 1.807) is 18.2 Å². The number of rotatable bonds is 3. The lowest BCUT2D eigenvalue weighted by atomic mass is 9.87. The number of aryl methyl sites for hydroxylation is 1. The highest BCUT2D eigenvalue weighted by molar-refractivity contribution is 6.30. The Labute approximate surface area is 128 Å². The molecule has 0 aliphatic heterocycles. The number of phenolic OH excluding ortho intramolecular Hbond substituents is 1. The van der Waals surface area contributed by atoms with Crippen molar-refractivity contribution in [3.05, 3.63) is 63.9 Å². The summed E-state index contributed by atoms with van der Waals surface area (Å²) in [6.45, 7) is 0.644. The largest absolute Gasteiger partial charge is 0.508 e. The summed E-state index contributed by atoms with van der Waals surface area (Å²) in [5.41, 5.74) is 3.41. The SMILES string of the molecule is Oc1ccc2c(c1)CCCC2NCc1ccc(F)c(Cl)c1. The molecular weight excluding hydrogens is 289 g/mol. The Morgan fingerprint density at radius 2 is 2.10 bits per heavy atom. The fraction of sp³-hybridized carbons (Fsp3) is 0.294. The van der Waals surface area contributed by atoms with Crippen LogP contribution in [-0.2, 0) is 13.0 Å². The molecule has 2 aromatic rings. The molecule has 0 amide bonds. The molecule has 2 nitrogen and oxygen atoms in total. The van der Waals surface area contributed by atoms with Gasteiger partial charge < -0.3 is 10.4 Å². The van der Waals surface area contributed by atoms with Crippen LogP contribution in [0.5, 0.6) is 5.75 Å². The number of benzene rings is 2. The van der Waals surface area contributed by atoms with Crippen molar-refractivity contribution >= 4 is 11.6 Å². The Morgan fingerprint density at radius 3 is 2.90 bits per heavy atom. The van der Waals surface area contributed by atoms with Crippen LogP contribution in [0.3, 0.4) is 0 Å². The lowest BCUT2D eigenvalue weighted by Gasteiger charge is -2.26. The van der Waals surface area contributed by atoms with Gasteiger partial charge in [-0.15, -0.1) is 0 Å². The molecule has 0 radical (unpaired) electrons. The molecule has 0 aromatic heterocycles. The zero-order valence-electron chi connectivity index (χ0n) is 11.6. The summed E-state index contributed by atoms with van der Waals surface area (Å²) in [6, 6.07) is 10.6. The summed E-state index contributed by atoms with van der Waals surface area (Å²) in [5, 5.41) is 13.2. The second-order valence-electron chi connectivity index (χ2n) is 5.46. The second-order valence-corrected chi connectivity index (χ2v) is 5.86. The van der Waals surface area contributed by atoms with Crippen molar-refractivity contribution in [3.63, 3.8) is 0 Å². The van der Waals surface area contributed by atoms with Gasteiger partial charge >= 0.3 is 0 Å². The van der Waals surface area contributed by atoms with E-state index in [4.69, 9.17) is 11.6 Å². The monoisotopic (exact) mass is 305 g/mol. The highest BCUT2D eigenvalue weighted by Gasteiger charge is 2.20. The summed E-state index contributed by atoms with van der Waals surface area (Å²) >= 11 is 5.80. The van der Waals surface area contributed by atoms with Gasteiger partial charge in [0.2, 0.25) is 0 Å². The summed E-state index contributed by atoms with van der Waals surface area (Å²) in [7, 11) is 0. The van der Waals surface area contributed by atoms with Crippen molar-refractivity contribution in [1.29, 1.82) is 0 Å². The Bertz CT molecular complexity index is 659. The van der Waals surface area contributed by atoms with Gasteiger partial charge in [0, 0.05) is 12.6 Å². The maximum atomic E-state index is 13.2. The number of halogens is 2. The van der Waals surface area contributed by atoms with Gasteiger partial charge in [0.15, 0.2) is 0 Å². The van der Waals surface area contributed by atoms with Crippen LogP contribution in [0.1, 0.15) is 35.6 Å². The Kier molecular flexibility index (Phi) is 4.13. The smallest absolute Gasteiger partial charge is 0.141 e. The first-order chi connectivity index (χ1) is 10.1. The minimum atomic E-state index is -0.390. The molecular formula is C17H17ClFNO. The number of phenols is 1. The third-order valence-corrected chi connectivity index (χ3v) is 4.27. The van der Waals surface area contributed by atoms with Crippen molar-refractivity contribution in [2.45, 2.75) is 31.8 Å². The van der Waals surface area contributed by atoms with Crippen LogP contribution in [0.4, 0.5) is 4.39 Å². The fourth-order valence-electron chi connectivity index (χ4n) is 2.90. The van der Waals surface area contributed by atoms with Crippen molar-refractivity contribution in [1.82, 2.24) is 5.32 Å². The Balaban J connectivity index is 1.73. The van der Waals surface area contributed by atoms with Crippen LogP contribution < -0.4 is 5.32 Å². The highest BCUT2D eigenvalue weighted by Crippen LogP contribution is 2.32. The van der Waals surface area contributed by atoms with E-state index in [1.807, 2.05) is 12.1 Å². The molecule has 0 spiro atoms. The maximum Gasteiger partial charge on any atom is 0.141 e. The summed E-state index contributed by atoms with van der Waals surface area (Å²) in [6.07, 6.45) is 3.16. The first kappa shape index (κ1) is 14.4. The fourth-order valence-corrected chi connectivity index (χ4v) is 3.11. The normalized spacial score (nSPS) is 17.5. The van der Waals surface area contributed by atoms with Gasteiger partial charge in [-0.1, -0.05) is 23.7 Å². The van der Waals surface area contributed by atoms with Crippen molar-refractivity contribution in [2.75, 3.05) is 0 Å². The van der Waals surface area contributed by atoms with Gasteiger partial charge in [0.1, 0.15) is 11.6 Å². The van der Waals surface area contributed by atoms with Crippen LogP contribution in [0, 0.1) is 5.82 Å². The third kappa shape index (κ3) is 3.20. The van der Waals surface area contributed by atoms with Crippen LogP contribution in [0.25, 0.3) is 0 Å². The zero-order valence-corrected chi connectivity index (χ0v) is 12.3. The summed E-state index contributed by atoms with van der Waals surface area (Å²) < 4.78 is 13.2. The topological polar surface area (TPSA) is 32.3 Å². The predicted molar refractivity (Wildman–Crippen MR) is 82.0 cm³/mol. The van der Waals surface area contributed by atoms with Gasteiger partial charge in [-0.25, -0.2) is 4.39 Å². The molecule has 1 atom stereocenters. The molecule has 0 saturated carbocycles. The number of fused-ring (bicyclic) bond motifs is 1. The quantitative estimate of drug-likeness (QED) is 0.883. The molecule has 0 fully saturated rings. The van der Waals surface area contributed by atoms with Crippen LogP contribution >= 0.6 is 11.6 Å². The van der Waals surface area contributed by atoms with E-state index in [1.165, 1.54) is 17.2 Å². The Hall–Kier alpha value is -1.58. The molecule has 2 N–H and O–H groups in total. The van der Waals surface area contributed by atoms with Crippen molar-refractivity contribution < 1.29 is 9.50 Å². The lowest BCUT2D eigenvalue weighted by molar-refractivity contribution is 0.449. The van der Waals surface area contributed by atoms with E-state index in [9.17, 15) is 9.50 Å². The van der Waals surface area contributed by atoms with E-state index in [-0.39, 0.29) is 16.9 Å². The second kappa shape index (κ2) is 6.04. The number of hydrogen-bond acceptors (Lipinski definition) is 2. The van der Waals surface area contributed by atoms with Crippen molar-refractivity contribution in [3.8, 4) is 5.75 Å². The summed E-state index contributed by atoms with van der Waals surface area (Å²) in [4.78, 5) is 0. The van der Waals surface area contributed by atoms with Crippen LogP contribution in [0.2, 0.25) is 5.02 Å². The lowest BCUT2D eigenvalue weighted by Crippen LogP contribution is -2.24. The van der Waals surface area contributed by atoms with E-state index < -0.39 is 0 Å². The molecule has 1 unspecified atom stereocenters. The van der Waals surface area contributed by atoms with Crippen LogP contribution in [-0.4, -0.2) is 5.11 Å². The molecule has 4 heteroatoms. The van der Waals surface area contributed by atoms with Crippen molar-refractivity contribution in [2.24, 2.45) is 0 Å². The first-order valence-electron chi connectivity index (χ1n) is 7.12. The highest BCUT2D eigenvalue weighted by atomic mass is 35.5. The zero-order chi connectivity index (χ0) is 14.8. The van der Waals surface area contributed by atoms with E-state index in [0.717, 1.165) is 24.8 Å². The van der Waals surface area contributed by atoms with Gasteiger partial charge in [-0.2, -0.15) is 0 Å². The van der Waals surface area contributed by atoms with E-state index >= 15 is 0 Å². The Morgan fingerprint density at radius 1 is 1.24 bits per heavy atom. The average Bonchev–Trinajstić information content (AvgIpc) is 2.48. The predicted octanol–water partition coefficient (Wildman–Crippen LogP) is 4.35. The molecule has 110 valence electrons. The van der Waals surface area contributed by atoms with Crippen LogP contribution in [0.15, 0.2) is 36.4 Å². The number of nitrogens with one attached hydrogen (secondary N) is 1. The minimum Gasteiger partial charge on any atom is -0.508 e. The maximum absolute atomic E-state index is 13.2. The van der Waals surface area contributed by atoms with Gasteiger partial charge in [-0.05, 0) is 60.2 Å².